The van der Waals surface area contributed by atoms with Gasteiger partial charge in [0.05, 0.1) is 18.5 Å². The molecule has 30 heavy (non-hydrogen) atoms. The monoisotopic (exact) mass is 429 g/mol. The number of amides is 1. The molecule has 2 aromatic rings. The van der Waals surface area contributed by atoms with E-state index in [1.165, 1.54) is 29.3 Å². The number of fused-ring (bicyclic) bond motifs is 1. The second-order valence-electron chi connectivity index (χ2n) is 8.47. The third-order valence-corrected chi connectivity index (χ3v) is 6.64. The summed E-state index contributed by atoms with van der Waals surface area (Å²) in [7, 11) is 0. The Bertz CT molecular complexity index is 892. The fourth-order valence-electron chi connectivity index (χ4n) is 4.00. The molecule has 0 spiro atoms. The Balaban J connectivity index is 1.45. The van der Waals surface area contributed by atoms with Crippen LogP contribution in [0, 0.1) is 5.92 Å². The van der Waals surface area contributed by atoms with Crippen molar-refractivity contribution in [3.63, 3.8) is 0 Å². The van der Waals surface area contributed by atoms with Crippen LogP contribution in [0.15, 0.2) is 23.4 Å². The molecule has 1 N–H and O–H groups in total. The number of benzene rings is 1. The number of carbonyl (C=O) groups excluding carboxylic acids is 1. The van der Waals surface area contributed by atoms with Crippen LogP contribution in [0.2, 0.25) is 0 Å². The van der Waals surface area contributed by atoms with Gasteiger partial charge in [-0.05, 0) is 55.4 Å². The fraction of sp³-hybridized carbons (Fsp3) is 0.591. The molecule has 1 aliphatic heterocycles. The first-order valence-electron chi connectivity index (χ1n) is 10.9. The van der Waals surface area contributed by atoms with Crippen molar-refractivity contribution in [2.24, 2.45) is 5.92 Å². The number of nitrogens with one attached hydrogen (secondary N) is 1. The Labute approximate surface area is 182 Å². The number of rotatable bonds is 7. The van der Waals surface area contributed by atoms with Crippen molar-refractivity contribution in [1.82, 2.24) is 14.8 Å². The highest BCUT2D eigenvalue weighted by molar-refractivity contribution is 8.00. The molecular formula is C22H31N5O2S. The topological polar surface area (TPSA) is 72.3 Å². The maximum absolute atomic E-state index is 12.8. The second kappa shape index (κ2) is 9.39. The third kappa shape index (κ3) is 4.81. The molecular weight excluding hydrogens is 398 g/mol. The van der Waals surface area contributed by atoms with Gasteiger partial charge in [0.15, 0.2) is 5.16 Å². The van der Waals surface area contributed by atoms with Crippen LogP contribution in [0.25, 0.3) is 0 Å². The molecule has 162 valence electrons. The predicted molar refractivity (Wildman–Crippen MR) is 120 cm³/mol. The molecule has 1 saturated heterocycles. The number of morpholine rings is 1. The smallest absolute Gasteiger partial charge is 0.237 e. The molecule has 8 heteroatoms. The number of aromatic nitrogens is 3. The van der Waals surface area contributed by atoms with E-state index in [1.807, 2.05) is 13.0 Å². The summed E-state index contributed by atoms with van der Waals surface area (Å²) in [6, 6.07) is 6.27. The number of thioether (sulfide) groups is 1. The maximum Gasteiger partial charge on any atom is 0.237 e. The first kappa shape index (κ1) is 21.2. The third-order valence-electron chi connectivity index (χ3n) is 5.56. The van der Waals surface area contributed by atoms with Crippen LogP contribution in [0.4, 0.5) is 11.6 Å². The van der Waals surface area contributed by atoms with E-state index in [4.69, 9.17) is 4.74 Å². The zero-order valence-corrected chi connectivity index (χ0v) is 18.9. The molecule has 2 aliphatic rings. The van der Waals surface area contributed by atoms with Crippen molar-refractivity contribution in [3.05, 3.63) is 29.3 Å². The molecule has 4 rings (SSSR count). The normalized spacial score (nSPS) is 17.3. The van der Waals surface area contributed by atoms with E-state index in [-0.39, 0.29) is 11.2 Å². The minimum absolute atomic E-state index is 0.00929. The minimum atomic E-state index is -0.272. The van der Waals surface area contributed by atoms with E-state index in [0.717, 1.165) is 49.3 Å². The van der Waals surface area contributed by atoms with Gasteiger partial charge in [-0.25, -0.2) is 0 Å². The minimum Gasteiger partial charge on any atom is -0.378 e. The summed E-state index contributed by atoms with van der Waals surface area (Å²) >= 11 is 1.47. The predicted octanol–water partition coefficient (Wildman–Crippen LogP) is 3.38. The highest BCUT2D eigenvalue weighted by atomic mass is 32.2. The Morgan fingerprint density at radius 1 is 1.17 bits per heavy atom. The van der Waals surface area contributed by atoms with E-state index in [2.05, 4.69) is 51.0 Å². The molecule has 0 radical (unpaired) electrons. The van der Waals surface area contributed by atoms with Gasteiger partial charge in [0, 0.05) is 25.3 Å². The average molecular weight is 430 g/mol. The fourth-order valence-corrected chi connectivity index (χ4v) is 4.85. The number of anilines is 2. The summed E-state index contributed by atoms with van der Waals surface area (Å²) in [6.07, 6.45) is 3.45. The molecule has 1 amide bonds. The molecule has 1 atom stereocenters. The highest BCUT2D eigenvalue weighted by Gasteiger charge is 2.24. The highest BCUT2D eigenvalue weighted by Crippen LogP contribution is 2.29. The van der Waals surface area contributed by atoms with Crippen molar-refractivity contribution < 1.29 is 9.53 Å². The lowest BCUT2D eigenvalue weighted by molar-refractivity contribution is -0.115. The van der Waals surface area contributed by atoms with Crippen molar-refractivity contribution in [2.45, 2.75) is 57.0 Å². The number of carbonyl (C=O) groups is 1. The van der Waals surface area contributed by atoms with Crippen LogP contribution >= 0.6 is 11.8 Å². The van der Waals surface area contributed by atoms with Crippen molar-refractivity contribution in [2.75, 3.05) is 36.5 Å². The lowest BCUT2D eigenvalue weighted by Gasteiger charge is -2.28. The first-order valence-corrected chi connectivity index (χ1v) is 11.7. The lowest BCUT2D eigenvalue weighted by Crippen LogP contribution is -2.38. The van der Waals surface area contributed by atoms with E-state index >= 15 is 0 Å². The van der Waals surface area contributed by atoms with E-state index in [0.29, 0.717) is 19.1 Å². The van der Waals surface area contributed by atoms with Gasteiger partial charge in [0.1, 0.15) is 0 Å². The summed E-state index contributed by atoms with van der Waals surface area (Å²) in [4.78, 5) is 15.1. The van der Waals surface area contributed by atoms with Gasteiger partial charge in [-0.2, -0.15) is 0 Å². The Hall–Kier alpha value is -2.06. The molecule has 1 fully saturated rings. The van der Waals surface area contributed by atoms with Crippen LogP contribution in [0.5, 0.6) is 0 Å². The summed E-state index contributed by atoms with van der Waals surface area (Å²) in [5.74, 6) is 1.32. The SMILES string of the molecule is CC(C)Cn1c(SC(C)C(=O)Nc2ccc3c(c2)CCC3)nnc1N1CCOCC1. The molecule has 1 aromatic carbocycles. The Morgan fingerprint density at radius 3 is 2.70 bits per heavy atom. The van der Waals surface area contributed by atoms with Crippen LogP contribution < -0.4 is 10.2 Å². The van der Waals surface area contributed by atoms with Gasteiger partial charge in [0.25, 0.3) is 0 Å². The Kier molecular flexibility index (Phi) is 6.63. The van der Waals surface area contributed by atoms with Crippen molar-refractivity contribution in [3.8, 4) is 0 Å². The summed E-state index contributed by atoms with van der Waals surface area (Å²) in [5, 5.41) is 12.5. The summed E-state index contributed by atoms with van der Waals surface area (Å²) in [5.41, 5.74) is 3.65. The molecule has 7 nitrogen and oxygen atoms in total. The zero-order valence-electron chi connectivity index (χ0n) is 18.1. The van der Waals surface area contributed by atoms with Crippen molar-refractivity contribution in [1.29, 1.82) is 0 Å². The number of hydrogen-bond acceptors (Lipinski definition) is 6. The molecule has 0 saturated carbocycles. The number of aryl methyl sites for hydroxylation is 2. The van der Waals surface area contributed by atoms with Gasteiger partial charge in [-0.1, -0.05) is 31.7 Å². The number of nitrogens with zero attached hydrogens (tertiary/aromatic N) is 4. The molecule has 2 heterocycles. The van der Waals surface area contributed by atoms with Crippen LogP contribution in [0.1, 0.15) is 38.3 Å². The zero-order chi connectivity index (χ0) is 21.1. The quantitative estimate of drug-likeness (QED) is 0.681. The largest absolute Gasteiger partial charge is 0.378 e. The Morgan fingerprint density at radius 2 is 1.93 bits per heavy atom. The van der Waals surface area contributed by atoms with Crippen LogP contribution in [0.3, 0.4) is 0 Å². The van der Waals surface area contributed by atoms with Crippen LogP contribution in [-0.2, 0) is 28.9 Å². The molecule has 1 aromatic heterocycles. The van der Waals surface area contributed by atoms with E-state index in [9.17, 15) is 4.79 Å². The van der Waals surface area contributed by atoms with Gasteiger partial charge >= 0.3 is 0 Å². The number of hydrogen-bond donors (Lipinski definition) is 1. The van der Waals surface area contributed by atoms with Crippen molar-refractivity contribution >= 4 is 29.3 Å². The second-order valence-corrected chi connectivity index (χ2v) is 9.78. The van der Waals surface area contributed by atoms with Gasteiger partial charge in [-0.15, -0.1) is 10.2 Å². The standard InChI is InChI=1S/C22H31N5O2S/c1-15(2)14-27-21(26-9-11-29-12-10-26)24-25-22(27)30-16(3)20(28)23-19-8-7-17-5-4-6-18(17)13-19/h7-8,13,15-16H,4-6,9-12,14H2,1-3H3,(H,23,28). The van der Waals surface area contributed by atoms with Gasteiger partial charge < -0.3 is 15.0 Å². The summed E-state index contributed by atoms with van der Waals surface area (Å²) in [6.45, 7) is 10.2. The van der Waals surface area contributed by atoms with E-state index < -0.39 is 0 Å². The lowest BCUT2D eigenvalue weighted by atomic mass is 10.1. The number of ether oxygens (including phenoxy) is 1. The van der Waals surface area contributed by atoms with E-state index in [1.54, 1.807) is 0 Å². The first-order chi connectivity index (χ1) is 14.5. The average Bonchev–Trinajstić information content (AvgIpc) is 3.35. The van der Waals surface area contributed by atoms with Crippen LogP contribution in [-0.4, -0.2) is 52.2 Å². The van der Waals surface area contributed by atoms with Gasteiger partial charge in [-0.3, -0.25) is 9.36 Å². The van der Waals surface area contributed by atoms with Gasteiger partial charge in [0.2, 0.25) is 11.9 Å². The maximum atomic E-state index is 12.8. The molecule has 1 unspecified atom stereocenters. The molecule has 1 aliphatic carbocycles. The molecule has 0 bridgehead atoms. The summed E-state index contributed by atoms with van der Waals surface area (Å²) < 4.78 is 7.62.